The lowest BCUT2D eigenvalue weighted by Crippen LogP contribution is -2.02. The first-order valence-corrected chi connectivity index (χ1v) is 6.04. The zero-order valence-electron chi connectivity index (χ0n) is 9.69. The molecule has 0 bridgehead atoms. The molecule has 0 atom stereocenters. The van der Waals surface area contributed by atoms with Crippen LogP contribution in [-0.2, 0) is 4.74 Å². The maximum Gasteiger partial charge on any atom is 0.350 e. The van der Waals surface area contributed by atoms with Crippen LogP contribution in [0.25, 0.3) is 11.1 Å². The van der Waals surface area contributed by atoms with Crippen LogP contribution >= 0.6 is 11.3 Å². The van der Waals surface area contributed by atoms with Crippen LogP contribution in [0.5, 0.6) is 0 Å². The fourth-order valence-corrected chi connectivity index (χ4v) is 2.61. The van der Waals surface area contributed by atoms with Gasteiger partial charge in [0, 0.05) is 10.9 Å². The number of benzene rings is 1. The Kier molecular flexibility index (Phi) is 3.15. The Morgan fingerprint density at radius 1 is 1.29 bits per heavy atom. The third-order valence-corrected chi connectivity index (χ3v) is 3.61. The van der Waals surface area contributed by atoms with Crippen molar-refractivity contribution in [2.45, 2.75) is 6.92 Å². The summed E-state index contributed by atoms with van der Waals surface area (Å²) >= 11 is 1.31. The van der Waals surface area contributed by atoms with E-state index in [1.807, 2.05) is 36.6 Å². The first-order chi connectivity index (χ1) is 8.15. The molecule has 17 heavy (non-hydrogen) atoms. The summed E-state index contributed by atoms with van der Waals surface area (Å²) in [5, 5.41) is 1.89. The lowest BCUT2D eigenvalue weighted by atomic mass is 10.0. The summed E-state index contributed by atoms with van der Waals surface area (Å²) in [6, 6.07) is 7.94. The molecular weight excluding hydrogens is 234 g/mol. The van der Waals surface area contributed by atoms with Gasteiger partial charge in [-0.25, -0.2) is 4.79 Å². The van der Waals surface area contributed by atoms with Gasteiger partial charge in [0.25, 0.3) is 0 Å². The molecule has 0 spiro atoms. The average molecular weight is 247 g/mol. The molecule has 88 valence electrons. The summed E-state index contributed by atoms with van der Waals surface area (Å²) in [5.74, 6) is -0.382. The molecule has 1 aromatic heterocycles. The van der Waals surface area contributed by atoms with E-state index < -0.39 is 0 Å². The molecule has 4 heteroatoms. The van der Waals surface area contributed by atoms with Crippen molar-refractivity contribution in [2.24, 2.45) is 0 Å². The van der Waals surface area contributed by atoms with Crippen LogP contribution in [0.15, 0.2) is 29.6 Å². The van der Waals surface area contributed by atoms with Gasteiger partial charge in [-0.05, 0) is 18.1 Å². The highest BCUT2D eigenvalue weighted by molar-refractivity contribution is 7.13. The molecule has 0 saturated carbocycles. The Bertz CT molecular complexity index is 560. The highest BCUT2D eigenvalue weighted by Gasteiger charge is 2.17. The molecule has 2 rings (SSSR count). The minimum absolute atomic E-state index is 0.382. The number of aryl methyl sites for hydroxylation is 1. The van der Waals surface area contributed by atoms with Gasteiger partial charge < -0.3 is 10.5 Å². The fourth-order valence-electron chi connectivity index (χ4n) is 1.70. The molecule has 0 unspecified atom stereocenters. The van der Waals surface area contributed by atoms with Crippen molar-refractivity contribution in [2.75, 3.05) is 12.8 Å². The van der Waals surface area contributed by atoms with Gasteiger partial charge in [-0.1, -0.05) is 24.3 Å². The van der Waals surface area contributed by atoms with E-state index in [0.29, 0.717) is 10.6 Å². The number of hydrogen-bond acceptors (Lipinski definition) is 4. The number of nitrogen functional groups attached to an aromatic ring is 1. The topological polar surface area (TPSA) is 52.3 Å². The molecule has 2 N–H and O–H groups in total. The second-order valence-corrected chi connectivity index (χ2v) is 4.58. The van der Waals surface area contributed by atoms with Gasteiger partial charge in [0.15, 0.2) is 0 Å². The van der Waals surface area contributed by atoms with Crippen molar-refractivity contribution in [3.8, 4) is 11.1 Å². The number of hydrogen-bond donors (Lipinski definition) is 1. The van der Waals surface area contributed by atoms with Gasteiger partial charge in [0.05, 0.1) is 12.8 Å². The minimum atomic E-state index is -0.382. The molecule has 3 nitrogen and oxygen atoms in total. The normalized spacial score (nSPS) is 10.2. The molecule has 2 aromatic rings. The summed E-state index contributed by atoms with van der Waals surface area (Å²) in [6.07, 6.45) is 0. The van der Waals surface area contributed by atoms with E-state index in [4.69, 9.17) is 5.73 Å². The quantitative estimate of drug-likeness (QED) is 0.830. The first kappa shape index (κ1) is 11.7. The number of methoxy groups -OCH3 is 1. The van der Waals surface area contributed by atoms with E-state index in [1.54, 1.807) is 0 Å². The van der Waals surface area contributed by atoms with Crippen LogP contribution in [0.3, 0.4) is 0 Å². The molecule has 0 amide bonds. The Hall–Kier alpha value is -1.81. The van der Waals surface area contributed by atoms with Crippen LogP contribution in [0.2, 0.25) is 0 Å². The van der Waals surface area contributed by atoms with Gasteiger partial charge in [0.2, 0.25) is 0 Å². The van der Waals surface area contributed by atoms with Crippen molar-refractivity contribution in [3.63, 3.8) is 0 Å². The van der Waals surface area contributed by atoms with Crippen molar-refractivity contribution >= 4 is 23.0 Å². The highest BCUT2D eigenvalue weighted by atomic mass is 32.1. The van der Waals surface area contributed by atoms with Crippen LogP contribution in [0.1, 0.15) is 15.2 Å². The summed E-state index contributed by atoms with van der Waals surface area (Å²) < 4.78 is 4.69. The van der Waals surface area contributed by atoms with E-state index in [9.17, 15) is 4.79 Å². The standard InChI is InChI=1S/C13H13NO2S/c1-8-5-3-4-6-9(8)10-7-17-12(11(10)14)13(15)16-2/h3-7H,14H2,1-2H3. The minimum Gasteiger partial charge on any atom is -0.465 e. The SMILES string of the molecule is COC(=O)c1scc(-c2ccccc2C)c1N. The Morgan fingerprint density at radius 2 is 2.00 bits per heavy atom. The largest absolute Gasteiger partial charge is 0.465 e. The summed E-state index contributed by atoms with van der Waals surface area (Å²) in [6.45, 7) is 2.02. The predicted molar refractivity (Wildman–Crippen MR) is 70.2 cm³/mol. The van der Waals surface area contributed by atoms with E-state index in [2.05, 4.69) is 4.74 Å². The molecule has 0 fully saturated rings. The second-order valence-electron chi connectivity index (χ2n) is 3.70. The zero-order valence-corrected chi connectivity index (χ0v) is 10.5. The zero-order chi connectivity index (χ0) is 12.4. The molecule has 1 aromatic carbocycles. The fraction of sp³-hybridized carbons (Fsp3) is 0.154. The summed E-state index contributed by atoms with van der Waals surface area (Å²) in [7, 11) is 1.36. The molecule has 1 heterocycles. The average Bonchev–Trinajstić information content (AvgIpc) is 2.71. The lowest BCUT2D eigenvalue weighted by Gasteiger charge is -2.05. The van der Waals surface area contributed by atoms with Gasteiger partial charge >= 0.3 is 5.97 Å². The third kappa shape index (κ3) is 2.03. The molecule has 0 aliphatic rings. The smallest absolute Gasteiger partial charge is 0.350 e. The number of carbonyl (C=O) groups excluding carboxylic acids is 1. The van der Waals surface area contributed by atoms with Crippen LogP contribution in [0.4, 0.5) is 5.69 Å². The highest BCUT2D eigenvalue weighted by Crippen LogP contribution is 2.35. The van der Waals surface area contributed by atoms with Crippen LogP contribution in [-0.4, -0.2) is 13.1 Å². The van der Waals surface area contributed by atoms with E-state index in [0.717, 1.165) is 16.7 Å². The van der Waals surface area contributed by atoms with Crippen molar-refractivity contribution in [1.82, 2.24) is 0 Å². The van der Waals surface area contributed by atoms with E-state index in [1.165, 1.54) is 18.4 Å². The molecule has 0 saturated heterocycles. The lowest BCUT2D eigenvalue weighted by molar-refractivity contribution is 0.0607. The third-order valence-electron chi connectivity index (χ3n) is 2.64. The van der Waals surface area contributed by atoms with E-state index >= 15 is 0 Å². The number of anilines is 1. The molecule has 0 aliphatic heterocycles. The molecule has 0 radical (unpaired) electrons. The van der Waals surface area contributed by atoms with Gasteiger partial charge in [-0.15, -0.1) is 11.3 Å². The monoisotopic (exact) mass is 247 g/mol. The number of rotatable bonds is 2. The molecular formula is C13H13NO2S. The van der Waals surface area contributed by atoms with Crippen LogP contribution in [0, 0.1) is 6.92 Å². The number of carbonyl (C=O) groups is 1. The van der Waals surface area contributed by atoms with Gasteiger partial charge in [0.1, 0.15) is 4.88 Å². The molecule has 0 aliphatic carbocycles. The Labute approximate surface area is 104 Å². The number of ether oxygens (including phenoxy) is 1. The first-order valence-electron chi connectivity index (χ1n) is 5.16. The maximum absolute atomic E-state index is 11.5. The maximum atomic E-state index is 11.5. The second kappa shape index (κ2) is 4.59. The van der Waals surface area contributed by atoms with Gasteiger partial charge in [-0.2, -0.15) is 0 Å². The summed E-state index contributed by atoms with van der Waals surface area (Å²) in [5.41, 5.74) is 9.57. The Morgan fingerprint density at radius 3 is 2.65 bits per heavy atom. The van der Waals surface area contributed by atoms with Gasteiger partial charge in [-0.3, -0.25) is 0 Å². The van der Waals surface area contributed by atoms with Crippen molar-refractivity contribution < 1.29 is 9.53 Å². The van der Waals surface area contributed by atoms with Crippen molar-refractivity contribution in [3.05, 3.63) is 40.1 Å². The Balaban J connectivity index is 2.52. The predicted octanol–water partition coefficient (Wildman–Crippen LogP) is 3.09. The summed E-state index contributed by atoms with van der Waals surface area (Å²) in [4.78, 5) is 11.9. The number of thiophene rings is 1. The number of esters is 1. The van der Waals surface area contributed by atoms with Crippen molar-refractivity contribution in [1.29, 1.82) is 0 Å². The number of nitrogens with two attached hydrogens (primary N) is 1. The van der Waals surface area contributed by atoms with E-state index in [-0.39, 0.29) is 5.97 Å². The van der Waals surface area contributed by atoms with Crippen LogP contribution < -0.4 is 5.73 Å².